The Kier molecular flexibility index (Phi) is 3.73. The molecule has 3 heterocycles. The lowest BCUT2D eigenvalue weighted by Crippen LogP contribution is -2.61. The molecular weight excluding hydrogens is 368 g/mol. The number of halogens is 1. The molecule has 1 aliphatic heterocycles. The zero-order chi connectivity index (χ0) is 16.1. The van der Waals surface area contributed by atoms with Crippen LogP contribution in [0.4, 0.5) is 5.82 Å². The highest BCUT2D eigenvalue weighted by atomic mass is 79.9. The van der Waals surface area contributed by atoms with Gasteiger partial charge in [0.15, 0.2) is 0 Å². The van der Waals surface area contributed by atoms with Crippen molar-refractivity contribution >= 4 is 37.3 Å². The van der Waals surface area contributed by atoms with E-state index in [4.69, 9.17) is 0 Å². The van der Waals surface area contributed by atoms with Crippen LogP contribution in [0, 0.1) is 0 Å². The van der Waals surface area contributed by atoms with Crippen molar-refractivity contribution in [2.24, 2.45) is 0 Å². The van der Waals surface area contributed by atoms with Crippen molar-refractivity contribution in [1.29, 1.82) is 0 Å². The van der Waals surface area contributed by atoms with Gasteiger partial charge < -0.3 is 4.90 Å². The molecule has 0 aliphatic carbocycles. The molecule has 0 atom stereocenters. The van der Waals surface area contributed by atoms with Gasteiger partial charge in [0.05, 0.1) is 18.0 Å². The monoisotopic (exact) mass is 386 g/mol. The van der Waals surface area contributed by atoms with E-state index in [1.807, 2.05) is 36.6 Å². The minimum absolute atomic E-state index is 0.457. The van der Waals surface area contributed by atoms with E-state index in [9.17, 15) is 8.42 Å². The zero-order valence-electron chi connectivity index (χ0n) is 12.8. The van der Waals surface area contributed by atoms with Gasteiger partial charge in [-0.05, 0) is 26.0 Å². The number of hydrogen-bond acceptors (Lipinski definition) is 4. The maximum atomic E-state index is 12.0. The van der Waals surface area contributed by atoms with E-state index >= 15 is 0 Å². The first-order valence-corrected chi connectivity index (χ1v) is 9.67. The highest BCUT2D eigenvalue weighted by molar-refractivity contribution is 9.10. The third-order valence-corrected chi connectivity index (χ3v) is 5.95. The summed E-state index contributed by atoms with van der Waals surface area (Å²) in [4.78, 5) is 6.41. The number of fused-ring (bicyclic) bond motifs is 1. The van der Waals surface area contributed by atoms with E-state index in [1.54, 1.807) is 10.6 Å². The van der Waals surface area contributed by atoms with E-state index in [0.717, 1.165) is 15.8 Å². The summed E-state index contributed by atoms with van der Waals surface area (Å²) < 4.78 is 28.5. The molecule has 0 unspecified atom stereocenters. The first-order chi connectivity index (χ1) is 10.2. The van der Waals surface area contributed by atoms with Crippen LogP contribution in [0.3, 0.4) is 0 Å². The Balaban J connectivity index is 1.99. The lowest BCUT2D eigenvalue weighted by Gasteiger charge is -2.46. The predicted molar refractivity (Wildman–Crippen MR) is 90.7 cm³/mol. The van der Waals surface area contributed by atoms with Crippen LogP contribution in [0.15, 0.2) is 29.1 Å². The summed E-state index contributed by atoms with van der Waals surface area (Å²) in [5, 5.41) is 0. The van der Waals surface area contributed by atoms with Gasteiger partial charge in [-0.15, -0.1) is 0 Å². The lowest BCUT2D eigenvalue weighted by molar-refractivity contribution is 0.205. The maximum Gasteiger partial charge on any atom is 0.211 e. The van der Waals surface area contributed by atoms with Gasteiger partial charge >= 0.3 is 0 Å². The molecular formula is C14H19BrN4O2S. The quantitative estimate of drug-likeness (QED) is 0.791. The Labute approximate surface area is 138 Å². The second kappa shape index (κ2) is 5.21. The molecule has 0 bridgehead atoms. The molecule has 0 radical (unpaired) electrons. The largest absolute Gasteiger partial charge is 0.354 e. The van der Waals surface area contributed by atoms with Crippen molar-refractivity contribution < 1.29 is 8.42 Å². The first-order valence-electron chi connectivity index (χ1n) is 7.03. The van der Waals surface area contributed by atoms with Crippen molar-refractivity contribution in [2.75, 3.05) is 30.8 Å². The van der Waals surface area contributed by atoms with Crippen LogP contribution >= 0.6 is 15.9 Å². The molecule has 6 nitrogen and oxygen atoms in total. The number of aromatic nitrogens is 2. The fourth-order valence-corrected chi connectivity index (χ4v) is 4.98. The Morgan fingerprint density at radius 1 is 1.27 bits per heavy atom. The van der Waals surface area contributed by atoms with Gasteiger partial charge in [0.25, 0.3) is 0 Å². The minimum Gasteiger partial charge on any atom is -0.354 e. The molecule has 1 saturated heterocycles. The number of imidazole rings is 1. The minimum atomic E-state index is -3.20. The number of anilines is 1. The molecule has 0 aromatic carbocycles. The Bertz CT molecular complexity index is 815. The summed E-state index contributed by atoms with van der Waals surface area (Å²) in [6.45, 7) is 5.69. The molecule has 120 valence electrons. The standard InChI is InChI=1S/C14H19BrN4O2S/c1-14(2)9-17(4-5-19(14)22(3,20)21)13-7-11(15)6-12-8-16-10-18(12)13/h6-8,10H,4-5,9H2,1-3H3. The normalized spacial score (nSPS) is 19.7. The average molecular weight is 387 g/mol. The van der Waals surface area contributed by atoms with Crippen LogP contribution in [0.5, 0.6) is 0 Å². The number of nitrogens with zero attached hydrogens (tertiary/aromatic N) is 4. The molecule has 8 heteroatoms. The molecule has 1 aliphatic rings. The molecule has 22 heavy (non-hydrogen) atoms. The van der Waals surface area contributed by atoms with E-state index in [1.165, 1.54) is 6.26 Å². The molecule has 2 aromatic heterocycles. The Morgan fingerprint density at radius 3 is 2.64 bits per heavy atom. The fourth-order valence-electron chi connectivity index (χ4n) is 3.17. The third kappa shape index (κ3) is 2.75. The van der Waals surface area contributed by atoms with Gasteiger partial charge in [-0.25, -0.2) is 13.4 Å². The van der Waals surface area contributed by atoms with E-state index in [-0.39, 0.29) is 0 Å². The second-order valence-corrected chi connectivity index (χ2v) is 9.11. The average Bonchev–Trinajstić information content (AvgIpc) is 2.82. The summed E-state index contributed by atoms with van der Waals surface area (Å²) in [5.74, 6) is 1.02. The Hall–Kier alpha value is -1.12. The van der Waals surface area contributed by atoms with Crippen LogP contribution in [0.1, 0.15) is 13.8 Å². The molecule has 0 N–H and O–H groups in total. The molecule has 0 amide bonds. The van der Waals surface area contributed by atoms with E-state index < -0.39 is 15.6 Å². The Morgan fingerprint density at radius 2 is 2.00 bits per heavy atom. The zero-order valence-corrected chi connectivity index (χ0v) is 15.2. The summed E-state index contributed by atoms with van der Waals surface area (Å²) >= 11 is 3.53. The number of piperazine rings is 1. The van der Waals surface area contributed by atoms with Crippen LogP contribution in [-0.2, 0) is 10.0 Å². The van der Waals surface area contributed by atoms with Gasteiger partial charge in [-0.1, -0.05) is 15.9 Å². The fraction of sp³-hybridized carbons (Fsp3) is 0.500. The summed E-state index contributed by atoms with van der Waals surface area (Å²) in [6.07, 6.45) is 4.87. The van der Waals surface area contributed by atoms with Crippen LogP contribution < -0.4 is 4.90 Å². The SMILES string of the molecule is CC1(C)CN(c2cc(Br)cc3cncn23)CCN1S(C)(=O)=O. The third-order valence-electron chi connectivity index (χ3n) is 4.02. The molecule has 3 rings (SSSR count). The van der Waals surface area contributed by atoms with Gasteiger partial charge in [-0.2, -0.15) is 4.31 Å². The van der Waals surface area contributed by atoms with Gasteiger partial charge in [0.2, 0.25) is 10.0 Å². The highest BCUT2D eigenvalue weighted by Crippen LogP contribution is 2.30. The van der Waals surface area contributed by atoms with Crippen LogP contribution in [0.2, 0.25) is 0 Å². The van der Waals surface area contributed by atoms with Crippen LogP contribution in [0.25, 0.3) is 5.52 Å². The molecule has 0 saturated carbocycles. The highest BCUT2D eigenvalue weighted by Gasteiger charge is 2.39. The van der Waals surface area contributed by atoms with Gasteiger partial charge in [0, 0.05) is 29.6 Å². The number of sulfonamides is 1. The molecule has 1 fully saturated rings. The molecule has 2 aromatic rings. The number of hydrogen-bond donors (Lipinski definition) is 0. The summed E-state index contributed by atoms with van der Waals surface area (Å²) in [7, 11) is -3.20. The number of rotatable bonds is 2. The predicted octanol–water partition coefficient (Wildman–Crippen LogP) is 1.96. The van der Waals surface area contributed by atoms with Crippen molar-refractivity contribution in [2.45, 2.75) is 19.4 Å². The smallest absolute Gasteiger partial charge is 0.211 e. The van der Waals surface area contributed by atoms with Crippen molar-refractivity contribution in [3.8, 4) is 0 Å². The van der Waals surface area contributed by atoms with E-state index in [0.29, 0.717) is 19.6 Å². The summed E-state index contributed by atoms with van der Waals surface area (Å²) in [5.41, 5.74) is 0.550. The second-order valence-electron chi connectivity index (χ2n) is 6.29. The van der Waals surface area contributed by atoms with Crippen molar-refractivity contribution in [3.63, 3.8) is 0 Å². The van der Waals surface area contributed by atoms with Gasteiger partial charge in [0.1, 0.15) is 12.1 Å². The van der Waals surface area contributed by atoms with E-state index in [2.05, 4.69) is 25.8 Å². The first kappa shape index (κ1) is 15.8. The van der Waals surface area contributed by atoms with Crippen LogP contribution in [-0.4, -0.2) is 53.5 Å². The van der Waals surface area contributed by atoms with Crippen molar-refractivity contribution in [1.82, 2.24) is 13.7 Å². The van der Waals surface area contributed by atoms with Crippen molar-refractivity contribution in [3.05, 3.63) is 29.1 Å². The molecule has 0 spiro atoms. The summed E-state index contributed by atoms with van der Waals surface area (Å²) in [6, 6.07) is 4.05. The number of pyridine rings is 1. The topological polar surface area (TPSA) is 57.9 Å². The van der Waals surface area contributed by atoms with Gasteiger partial charge in [-0.3, -0.25) is 4.40 Å². The lowest BCUT2D eigenvalue weighted by atomic mass is 10.0. The maximum absolute atomic E-state index is 12.0.